The molecule has 0 aromatic heterocycles. The van der Waals surface area contributed by atoms with Crippen LogP contribution in [0, 0.1) is 5.82 Å². The lowest BCUT2D eigenvalue weighted by Crippen LogP contribution is -2.11. The van der Waals surface area contributed by atoms with Gasteiger partial charge < -0.3 is 4.74 Å². The number of fused-ring (bicyclic) bond motifs is 1. The summed E-state index contributed by atoms with van der Waals surface area (Å²) >= 11 is 0. The van der Waals surface area contributed by atoms with E-state index in [4.69, 9.17) is 4.74 Å². The lowest BCUT2D eigenvalue weighted by molar-refractivity contribution is 0.0730. The molecule has 3 rings (SSSR count). The molecule has 20 heavy (non-hydrogen) atoms. The average molecular weight is 268 g/mol. The van der Waals surface area contributed by atoms with Crippen LogP contribution in [-0.4, -0.2) is 5.97 Å². The standard InChI is InChI=1S/C17H13FO2/c18-16-8-4-3-7-15(16)17(19)20-14-10-9-12-5-1-2-6-13(12)11-14/h1,3-5,7-11H,2,6H2. The van der Waals surface area contributed by atoms with Gasteiger partial charge in [0.2, 0.25) is 0 Å². The summed E-state index contributed by atoms with van der Waals surface area (Å²) in [5.41, 5.74) is 2.23. The Morgan fingerprint density at radius 1 is 1.15 bits per heavy atom. The molecule has 0 atom stereocenters. The third-order valence-corrected chi connectivity index (χ3v) is 3.30. The molecule has 0 unspecified atom stereocenters. The first-order valence-electron chi connectivity index (χ1n) is 6.50. The highest BCUT2D eigenvalue weighted by atomic mass is 19.1. The first kappa shape index (κ1) is 12.6. The molecule has 0 N–H and O–H groups in total. The fraction of sp³-hybridized carbons (Fsp3) is 0.118. The van der Waals surface area contributed by atoms with Gasteiger partial charge in [-0.15, -0.1) is 0 Å². The molecule has 0 saturated heterocycles. The molecule has 1 aliphatic rings. The van der Waals surface area contributed by atoms with Gasteiger partial charge in [0.15, 0.2) is 0 Å². The van der Waals surface area contributed by atoms with E-state index >= 15 is 0 Å². The largest absolute Gasteiger partial charge is 0.423 e. The number of hydrogen-bond acceptors (Lipinski definition) is 2. The molecule has 0 fully saturated rings. The second-order valence-corrected chi connectivity index (χ2v) is 4.67. The summed E-state index contributed by atoms with van der Waals surface area (Å²) in [6.45, 7) is 0. The Kier molecular flexibility index (Phi) is 3.33. The summed E-state index contributed by atoms with van der Waals surface area (Å²) in [5.74, 6) is -0.792. The van der Waals surface area contributed by atoms with Crippen molar-refractivity contribution in [1.82, 2.24) is 0 Å². The summed E-state index contributed by atoms with van der Waals surface area (Å²) in [6, 6.07) is 11.3. The summed E-state index contributed by atoms with van der Waals surface area (Å²) < 4.78 is 18.8. The van der Waals surface area contributed by atoms with Crippen molar-refractivity contribution in [2.75, 3.05) is 0 Å². The Balaban J connectivity index is 1.83. The topological polar surface area (TPSA) is 26.3 Å². The Labute approximate surface area is 116 Å². The van der Waals surface area contributed by atoms with Crippen molar-refractivity contribution < 1.29 is 13.9 Å². The third-order valence-electron chi connectivity index (χ3n) is 3.30. The van der Waals surface area contributed by atoms with Crippen LogP contribution < -0.4 is 4.74 Å². The number of halogens is 1. The van der Waals surface area contributed by atoms with E-state index in [9.17, 15) is 9.18 Å². The second kappa shape index (κ2) is 5.29. The van der Waals surface area contributed by atoms with Gasteiger partial charge in [-0.1, -0.05) is 30.4 Å². The van der Waals surface area contributed by atoms with Crippen LogP contribution in [-0.2, 0) is 6.42 Å². The molecule has 0 spiro atoms. The van der Waals surface area contributed by atoms with Crippen molar-refractivity contribution in [3.8, 4) is 5.75 Å². The van der Waals surface area contributed by atoms with Crippen molar-refractivity contribution in [2.45, 2.75) is 12.8 Å². The number of ether oxygens (including phenoxy) is 1. The lowest BCUT2D eigenvalue weighted by Gasteiger charge is -2.12. The van der Waals surface area contributed by atoms with Crippen LogP contribution in [0.2, 0.25) is 0 Å². The van der Waals surface area contributed by atoms with E-state index in [1.165, 1.54) is 18.2 Å². The Bertz CT molecular complexity index is 689. The lowest BCUT2D eigenvalue weighted by atomic mass is 9.97. The summed E-state index contributed by atoms with van der Waals surface area (Å²) in [5, 5.41) is 0. The zero-order valence-electron chi connectivity index (χ0n) is 10.8. The Morgan fingerprint density at radius 2 is 2.00 bits per heavy atom. The van der Waals surface area contributed by atoms with Gasteiger partial charge in [0.25, 0.3) is 0 Å². The molecule has 1 aliphatic carbocycles. The zero-order valence-corrected chi connectivity index (χ0v) is 10.8. The quantitative estimate of drug-likeness (QED) is 0.607. The number of hydrogen-bond donors (Lipinski definition) is 0. The van der Waals surface area contributed by atoms with Gasteiger partial charge in [0.1, 0.15) is 11.6 Å². The predicted molar refractivity (Wildman–Crippen MR) is 75.2 cm³/mol. The first-order chi connectivity index (χ1) is 9.74. The highest BCUT2D eigenvalue weighted by molar-refractivity contribution is 5.91. The number of allylic oxidation sites excluding steroid dienone is 1. The van der Waals surface area contributed by atoms with E-state index in [1.54, 1.807) is 12.1 Å². The normalized spacial score (nSPS) is 12.8. The minimum Gasteiger partial charge on any atom is -0.423 e. The number of carbonyl (C=O) groups excluding carboxylic acids is 1. The van der Waals surface area contributed by atoms with Crippen LogP contribution in [0.5, 0.6) is 5.75 Å². The van der Waals surface area contributed by atoms with E-state index < -0.39 is 11.8 Å². The number of rotatable bonds is 2. The maximum atomic E-state index is 13.5. The molecule has 0 aliphatic heterocycles. The number of benzene rings is 2. The molecular weight excluding hydrogens is 255 g/mol. The molecule has 0 bridgehead atoms. The van der Waals surface area contributed by atoms with Crippen molar-refractivity contribution in [3.63, 3.8) is 0 Å². The number of carbonyl (C=O) groups is 1. The molecule has 100 valence electrons. The average Bonchev–Trinajstić information content (AvgIpc) is 2.47. The van der Waals surface area contributed by atoms with Crippen LogP contribution in [0.3, 0.4) is 0 Å². The molecule has 2 nitrogen and oxygen atoms in total. The van der Waals surface area contributed by atoms with Crippen LogP contribution in [0.1, 0.15) is 27.9 Å². The van der Waals surface area contributed by atoms with Gasteiger partial charge in [-0.05, 0) is 48.2 Å². The highest BCUT2D eigenvalue weighted by Crippen LogP contribution is 2.24. The predicted octanol–water partition coefficient (Wildman–Crippen LogP) is 4.00. The van der Waals surface area contributed by atoms with Crippen LogP contribution >= 0.6 is 0 Å². The molecule has 0 heterocycles. The van der Waals surface area contributed by atoms with E-state index in [2.05, 4.69) is 12.2 Å². The molecule has 0 amide bonds. The smallest absolute Gasteiger partial charge is 0.346 e. The number of esters is 1. The first-order valence-corrected chi connectivity index (χ1v) is 6.50. The van der Waals surface area contributed by atoms with Gasteiger partial charge in [-0.25, -0.2) is 9.18 Å². The van der Waals surface area contributed by atoms with E-state index in [-0.39, 0.29) is 5.56 Å². The molecule has 0 radical (unpaired) electrons. The monoisotopic (exact) mass is 268 g/mol. The number of aryl methyl sites for hydroxylation is 1. The second-order valence-electron chi connectivity index (χ2n) is 4.67. The van der Waals surface area contributed by atoms with E-state index in [1.807, 2.05) is 12.1 Å². The maximum absolute atomic E-state index is 13.5. The maximum Gasteiger partial charge on any atom is 0.346 e. The van der Waals surface area contributed by atoms with Gasteiger partial charge >= 0.3 is 5.97 Å². The van der Waals surface area contributed by atoms with E-state index in [0.717, 1.165) is 24.0 Å². The highest BCUT2D eigenvalue weighted by Gasteiger charge is 2.14. The van der Waals surface area contributed by atoms with Gasteiger partial charge in [-0.3, -0.25) is 0 Å². The molecular formula is C17H13FO2. The van der Waals surface area contributed by atoms with Gasteiger partial charge in [0.05, 0.1) is 5.56 Å². The van der Waals surface area contributed by atoms with Crippen LogP contribution in [0.4, 0.5) is 4.39 Å². The minimum absolute atomic E-state index is 0.0508. The van der Waals surface area contributed by atoms with Crippen molar-refractivity contribution >= 4 is 12.0 Å². The molecule has 2 aromatic rings. The van der Waals surface area contributed by atoms with Crippen molar-refractivity contribution in [3.05, 3.63) is 71.0 Å². The SMILES string of the molecule is O=C(Oc1ccc2c(c1)CCC=C2)c1ccccc1F. The van der Waals surface area contributed by atoms with Crippen LogP contribution in [0.15, 0.2) is 48.5 Å². The Morgan fingerprint density at radius 3 is 2.85 bits per heavy atom. The van der Waals surface area contributed by atoms with Crippen molar-refractivity contribution in [2.24, 2.45) is 0 Å². The van der Waals surface area contributed by atoms with E-state index in [0.29, 0.717) is 5.75 Å². The summed E-state index contributed by atoms with van der Waals surface area (Å²) in [7, 11) is 0. The van der Waals surface area contributed by atoms with Crippen LogP contribution in [0.25, 0.3) is 6.08 Å². The molecule has 3 heteroatoms. The summed E-state index contributed by atoms with van der Waals surface area (Å²) in [6.07, 6.45) is 6.09. The Hall–Kier alpha value is -2.42. The third kappa shape index (κ3) is 2.48. The zero-order chi connectivity index (χ0) is 13.9. The molecule has 0 saturated carbocycles. The van der Waals surface area contributed by atoms with Gasteiger partial charge in [-0.2, -0.15) is 0 Å². The molecule has 2 aromatic carbocycles. The van der Waals surface area contributed by atoms with Crippen molar-refractivity contribution in [1.29, 1.82) is 0 Å². The minimum atomic E-state index is -0.672. The fourth-order valence-electron chi connectivity index (χ4n) is 2.26. The summed E-state index contributed by atoms with van der Waals surface area (Å²) in [4.78, 5) is 11.9. The van der Waals surface area contributed by atoms with Gasteiger partial charge in [0, 0.05) is 0 Å². The fourth-order valence-corrected chi connectivity index (χ4v) is 2.26.